The Hall–Kier alpha value is -2.79. The summed E-state index contributed by atoms with van der Waals surface area (Å²) in [6.45, 7) is 1.67. The summed E-state index contributed by atoms with van der Waals surface area (Å²) in [6.07, 6.45) is -0.489. The summed E-state index contributed by atoms with van der Waals surface area (Å²) < 4.78 is 12.4. The maximum atomic E-state index is 10.3. The molecular formula is C20H25N5O5. The van der Waals surface area contributed by atoms with Crippen molar-refractivity contribution in [3.8, 4) is 5.75 Å². The number of fused-ring (bicyclic) bond motifs is 1. The molecule has 1 aliphatic heterocycles. The molecular weight excluding hydrogens is 390 g/mol. The van der Waals surface area contributed by atoms with E-state index in [1.165, 1.54) is 12.7 Å². The zero-order valence-corrected chi connectivity index (χ0v) is 16.7. The van der Waals surface area contributed by atoms with Crippen LogP contribution in [-0.4, -0.2) is 66.9 Å². The molecule has 1 saturated heterocycles. The third-order valence-electron chi connectivity index (χ3n) is 5.39. The first-order valence-electron chi connectivity index (χ1n) is 9.77. The van der Waals surface area contributed by atoms with Gasteiger partial charge in [0, 0.05) is 0 Å². The fourth-order valence-electron chi connectivity index (χ4n) is 3.68. The van der Waals surface area contributed by atoms with E-state index in [2.05, 4.69) is 27.2 Å². The lowest BCUT2D eigenvalue weighted by molar-refractivity contribution is -0.0511. The molecule has 1 aromatic carbocycles. The van der Waals surface area contributed by atoms with Gasteiger partial charge in [-0.2, -0.15) is 0 Å². The number of aliphatic hydroxyl groups excluding tert-OH is 3. The number of nitrogens with one attached hydrogen (secondary N) is 1. The molecule has 1 fully saturated rings. The Balaban J connectivity index is 1.63. The van der Waals surface area contributed by atoms with Gasteiger partial charge < -0.3 is 30.1 Å². The van der Waals surface area contributed by atoms with Crippen LogP contribution in [0.5, 0.6) is 5.75 Å². The fourth-order valence-corrected chi connectivity index (χ4v) is 3.68. The van der Waals surface area contributed by atoms with Gasteiger partial charge in [0.1, 0.15) is 30.4 Å². The molecule has 2 unspecified atom stereocenters. The van der Waals surface area contributed by atoms with Crippen LogP contribution in [0.1, 0.15) is 31.2 Å². The van der Waals surface area contributed by atoms with Crippen molar-refractivity contribution < 1.29 is 24.8 Å². The standard InChI is InChI=1S/C20H25N5O5/c1-3-13(11-4-6-12(29-2)7-5-11)24-18-15-19(22-9-21-18)25(10-23-15)20-17(28)16(27)14(8-26)30-20/h4-7,9-10,13-14,16-17,20,26-28H,3,8H2,1-2H3,(H,21,22,24)/t13?,14-,16?,17+,20-/m1/s1. The van der Waals surface area contributed by atoms with Gasteiger partial charge in [-0.25, -0.2) is 15.0 Å². The van der Waals surface area contributed by atoms with Crippen LogP contribution in [0.4, 0.5) is 5.82 Å². The molecule has 3 heterocycles. The van der Waals surface area contributed by atoms with Crippen LogP contribution in [0.3, 0.4) is 0 Å². The maximum Gasteiger partial charge on any atom is 0.167 e. The molecule has 30 heavy (non-hydrogen) atoms. The molecule has 0 saturated carbocycles. The minimum atomic E-state index is -1.21. The highest BCUT2D eigenvalue weighted by atomic mass is 16.6. The van der Waals surface area contributed by atoms with E-state index < -0.39 is 31.1 Å². The number of benzene rings is 1. The highest BCUT2D eigenvalue weighted by Gasteiger charge is 2.44. The van der Waals surface area contributed by atoms with E-state index in [0.717, 1.165) is 17.7 Å². The first-order valence-corrected chi connectivity index (χ1v) is 9.77. The Morgan fingerprint density at radius 2 is 1.93 bits per heavy atom. The normalized spacial score (nSPS) is 24.8. The van der Waals surface area contributed by atoms with Crippen LogP contribution in [0, 0.1) is 0 Å². The second-order valence-electron chi connectivity index (χ2n) is 7.15. The molecule has 10 heteroatoms. The molecule has 0 amide bonds. The number of methoxy groups -OCH3 is 1. The molecule has 0 bridgehead atoms. The van der Waals surface area contributed by atoms with Gasteiger partial charge >= 0.3 is 0 Å². The minimum Gasteiger partial charge on any atom is -0.497 e. The molecule has 0 aliphatic carbocycles. The smallest absolute Gasteiger partial charge is 0.167 e. The van der Waals surface area contributed by atoms with Gasteiger partial charge in [0.05, 0.1) is 26.1 Å². The Labute approximate surface area is 173 Å². The van der Waals surface area contributed by atoms with Gasteiger partial charge in [-0.05, 0) is 24.1 Å². The highest BCUT2D eigenvalue weighted by Crippen LogP contribution is 2.33. The van der Waals surface area contributed by atoms with Crippen LogP contribution < -0.4 is 10.1 Å². The number of imidazole rings is 1. The van der Waals surface area contributed by atoms with Crippen molar-refractivity contribution in [1.29, 1.82) is 0 Å². The number of hydrogen-bond donors (Lipinski definition) is 4. The van der Waals surface area contributed by atoms with Crippen molar-refractivity contribution in [2.75, 3.05) is 19.0 Å². The van der Waals surface area contributed by atoms with E-state index in [0.29, 0.717) is 17.0 Å². The van der Waals surface area contributed by atoms with E-state index in [-0.39, 0.29) is 6.04 Å². The van der Waals surface area contributed by atoms with Gasteiger partial charge in [-0.3, -0.25) is 4.57 Å². The molecule has 3 aromatic rings. The summed E-state index contributed by atoms with van der Waals surface area (Å²) in [5.41, 5.74) is 2.04. The van der Waals surface area contributed by atoms with Crippen LogP contribution in [-0.2, 0) is 4.74 Å². The number of ether oxygens (including phenoxy) is 2. The van der Waals surface area contributed by atoms with E-state index in [1.54, 1.807) is 11.7 Å². The van der Waals surface area contributed by atoms with Crippen LogP contribution >= 0.6 is 0 Å². The van der Waals surface area contributed by atoms with Crippen molar-refractivity contribution in [1.82, 2.24) is 19.5 Å². The summed E-state index contributed by atoms with van der Waals surface area (Å²) in [5, 5.41) is 33.1. The third kappa shape index (κ3) is 3.58. The lowest BCUT2D eigenvalue weighted by Gasteiger charge is -2.19. The number of anilines is 1. The van der Waals surface area contributed by atoms with Crippen molar-refractivity contribution in [2.45, 2.75) is 43.9 Å². The highest BCUT2D eigenvalue weighted by molar-refractivity contribution is 5.83. The molecule has 10 nitrogen and oxygen atoms in total. The fraction of sp³-hybridized carbons (Fsp3) is 0.450. The molecule has 0 spiro atoms. The number of aliphatic hydroxyl groups is 3. The van der Waals surface area contributed by atoms with Crippen molar-refractivity contribution in [2.24, 2.45) is 0 Å². The average Bonchev–Trinajstić information content (AvgIpc) is 3.33. The molecule has 0 radical (unpaired) electrons. The topological polar surface area (TPSA) is 135 Å². The SMILES string of the molecule is CCC(Nc1ncnc2c1ncn2[C@@H]1O[C@H](CO)C(O)[C@@H]1O)c1ccc(OC)cc1. The van der Waals surface area contributed by atoms with Crippen LogP contribution in [0.2, 0.25) is 0 Å². The second kappa shape index (κ2) is 8.52. The molecule has 4 N–H and O–H groups in total. The van der Waals surface area contributed by atoms with Crippen molar-refractivity contribution in [3.63, 3.8) is 0 Å². The number of rotatable bonds is 7. The zero-order valence-electron chi connectivity index (χ0n) is 16.7. The second-order valence-corrected chi connectivity index (χ2v) is 7.15. The Morgan fingerprint density at radius 1 is 1.17 bits per heavy atom. The van der Waals surface area contributed by atoms with Crippen LogP contribution in [0.25, 0.3) is 11.2 Å². The predicted octanol–water partition coefficient (Wildman–Crippen LogP) is 1.01. The largest absolute Gasteiger partial charge is 0.497 e. The first kappa shape index (κ1) is 20.5. The van der Waals surface area contributed by atoms with Gasteiger partial charge in [0.2, 0.25) is 0 Å². The lowest BCUT2D eigenvalue weighted by atomic mass is 10.0. The minimum absolute atomic E-state index is 0.00642. The molecule has 1 aliphatic rings. The van der Waals surface area contributed by atoms with Crippen molar-refractivity contribution in [3.05, 3.63) is 42.5 Å². The number of nitrogens with zero attached hydrogens (tertiary/aromatic N) is 4. The maximum absolute atomic E-state index is 10.3. The van der Waals surface area contributed by atoms with Crippen LogP contribution in [0.15, 0.2) is 36.9 Å². The Bertz CT molecular complexity index is 995. The lowest BCUT2D eigenvalue weighted by Crippen LogP contribution is -2.33. The van der Waals surface area contributed by atoms with Crippen molar-refractivity contribution >= 4 is 17.0 Å². The van der Waals surface area contributed by atoms with E-state index in [9.17, 15) is 15.3 Å². The molecule has 2 aromatic heterocycles. The average molecular weight is 415 g/mol. The van der Waals surface area contributed by atoms with Gasteiger partial charge in [-0.15, -0.1) is 0 Å². The molecule has 5 atom stereocenters. The predicted molar refractivity (Wildman–Crippen MR) is 108 cm³/mol. The molecule has 4 rings (SSSR count). The van der Waals surface area contributed by atoms with E-state index in [4.69, 9.17) is 9.47 Å². The van der Waals surface area contributed by atoms with Gasteiger partial charge in [0.25, 0.3) is 0 Å². The number of aromatic nitrogens is 4. The summed E-state index contributed by atoms with van der Waals surface area (Å²) in [7, 11) is 1.63. The van der Waals surface area contributed by atoms with E-state index >= 15 is 0 Å². The van der Waals surface area contributed by atoms with Gasteiger partial charge in [-0.1, -0.05) is 19.1 Å². The number of hydrogen-bond acceptors (Lipinski definition) is 9. The monoisotopic (exact) mass is 415 g/mol. The quantitative estimate of drug-likeness (QED) is 0.446. The summed E-state index contributed by atoms with van der Waals surface area (Å²) >= 11 is 0. The summed E-state index contributed by atoms with van der Waals surface area (Å²) in [4.78, 5) is 13.0. The van der Waals surface area contributed by atoms with E-state index in [1.807, 2.05) is 24.3 Å². The summed E-state index contributed by atoms with van der Waals surface area (Å²) in [6, 6.07) is 7.80. The molecule has 160 valence electrons. The zero-order chi connectivity index (χ0) is 21.3. The van der Waals surface area contributed by atoms with Gasteiger partial charge in [0.15, 0.2) is 23.2 Å². The summed E-state index contributed by atoms with van der Waals surface area (Å²) in [5.74, 6) is 1.34. The first-order chi connectivity index (χ1) is 14.6. The Morgan fingerprint density at radius 3 is 2.57 bits per heavy atom. The third-order valence-corrected chi connectivity index (χ3v) is 5.39. The Kier molecular flexibility index (Phi) is 5.82.